The van der Waals surface area contributed by atoms with Crippen LogP contribution in [-0.2, 0) is 6.42 Å². The molecule has 2 nitrogen and oxygen atoms in total. The standard InChI is InChI=1S/C15H17BrFNO/c1-3-10-8-9-13(19-10)15(18-4-2)14-11(16)6-5-7-12(14)17/h5-9,15,18H,3-4H2,1-2H3. The molecule has 0 aliphatic carbocycles. The lowest BCUT2D eigenvalue weighted by Crippen LogP contribution is -2.23. The molecule has 1 atom stereocenters. The van der Waals surface area contributed by atoms with Crippen LogP contribution in [-0.4, -0.2) is 6.54 Å². The second-order valence-corrected chi connectivity index (χ2v) is 5.14. The van der Waals surface area contributed by atoms with Gasteiger partial charge in [-0.05, 0) is 30.8 Å². The Labute approximate surface area is 121 Å². The van der Waals surface area contributed by atoms with E-state index in [0.717, 1.165) is 29.0 Å². The zero-order chi connectivity index (χ0) is 13.8. The smallest absolute Gasteiger partial charge is 0.129 e. The first-order valence-electron chi connectivity index (χ1n) is 6.43. The normalized spacial score (nSPS) is 12.6. The van der Waals surface area contributed by atoms with Gasteiger partial charge in [-0.1, -0.05) is 35.8 Å². The van der Waals surface area contributed by atoms with Crippen molar-refractivity contribution >= 4 is 15.9 Å². The summed E-state index contributed by atoms with van der Waals surface area (Å²) in [5.74, 6) is 1.41. The summed E-state index contributed by atoms with van der Waals surface area (Å²) in [5.41, 5.74) is 0.585. The topological polar surface area (TPSA) is 25.2 Å². The maximum atomic E-state index is 14.1. The molecule has 102 valence electrons. The minimum Gasteiger partial charge on any atom is -0.464 e. The van der Waals surface area contributed by atoms with Crippen LogP contribution in [0.3, 0.4) is 0 Å². The zero-order valence-electron chi connectivity index (χ0n) is 11.0. The molecule has 0 bridgehead atoms. The summed E-state index contributed by atoms with van der Waals surface area (Å²) in [5, 5.41) is 3.27. The fourth-order valence-electron chi connectivity index (χ4n) is 2.08. The van der Waals surface area contributed by atoms with E-state index in [1.54, 1.807) is 6.07 Å². The van der Waals surface area contributed by atoms with Gasteiger partial charge in [-0.2, -0.15) is 0 Å². The van der Waals surface area contributed by atoms with E-state index in [0.29, 0.717) is 5.56 Å². The van der Waals surface area contributed by atoms with Crippen LogP contribution in [0.5, 0.6) is 0 Å². The molecule has 2 rings (SSSR count). The molecule has 1 unspecified atom stereocenters. The molecular weight excluding hydrogens is 309 g/mol. The number of nitrogens with one attached hydrogen (secondary N) is 1. The lowest BCUT2D eigenvalue weighted by atomic mass is 10.0. The largest absolute Gasteiger partial charge is 0.464 e. The van der Waals surface area contributed by atoms with Gasteiger partial charge in [-0.3, -0.25) is 0 Å². The summed E-state index contributed by atoms with van der Waals surface area (Å²) in [6.45, 7) is 4.75. The maximum Gasteiger partial charge on any atom is 0.129 e. The molecule has 19 heavy (non-hydrogen) atoms. The van der Waals surface area contributed by atoms with Crippen molar-refractivity contribution < 1.29 is 8.81 Å². The fraction of sp³-hybridized carbons (Fsp3) is 0.333. The number of benzene rings is 1. The third kappa shape index (κ3) is 3.07. The van der Waals surface area contributed by atoms with E-state index in [4.69, 9.17) is 4.42 Å². The molecule has 1 N–H and O–H groups in total. The van der Waals surface area contributed by atoms with E-state index in [1.807, 2.05) is 32.0 Å². The molecule has 0 spiro atoms. The Balaban J connectivity index is 2.45. The van der Waals surface area contributed by atoms with Crippen LogP contribution in [0, 0.1) is 5.82 Å². The highest BCUT2D eigenvalue weighted by Gasteiger charge is 2.22. The number of hydrogen-bond donors (Lipinski definition) is 1. The predicted octanol–water partition coefficient (Wildman–Crippen LogP) is 4.44. The first-order chi connectivity index (χ1) is 9.17. The average molecular weight is 326 g/mol. The van der Waals surface area contributed by atoms with Crippen molar-refractivity contribution in [1.82, 2.24) is 5.32 Å². The van der Waals surface area contributed by atoms with Crippen molar-refractivity contribution in [2.75, 3.05) is 6.54 Å². The van der Waals surface area contributed by atoms with Gasteiger partial charge in [0, 0.05) is 16.5 Å². The van der Waals surface area contributed by atoms with Crippen LogP contribution in [0.1, 0.15) is 37.0 Å². The Morgan fingerprint density at radius 3 is 2.63 bits per heavy atom. The van der Waals surface area contributed by atoms with Gasteiger partial charge in [0.1, 0.15) is 17.3 Å². The van der Waals surface area contributed by atoms with Crippen molar-refractivity contribution in [3.63, 3.8) is 0 Å². The number of hydrogen-bond acceptors (Lipinski definition) is 2. The van der Waals surface area contributed by atoms with Crippen LogP contribution in [0.15, 0.2) is 39.2 Å². The Kier molecular flexibility index (Phi) is 4.77. The maximum absolute atomic E-state index is 14.1. The van der Waals surface area contributed by atoms with Crippen molar-refractivity contribution in [1.29, 1.82) is 0 Å². The highest BCUT2D eigenvalue weighted by Crippen LogP contribution is 2.31. The molecule has 1 heterocycles. The molecule has 0 saturated carbocycles. The first kappa shape index (κ1) is 14.3. The van der Waals surface area contributed by atoms with Crippen molar-refractivity contribution in [3.8, 4) is 0 Å². The number of aryl methyl sites for hydroxylation is 1. The Morgan fingerprint density at radius 1 is 1.26 bits per heavy atom. The van der Waals surface area contributed by atoms with Gasteiger partial charge in [0.2, 0.25) is 0 Å². The molecular formula is C15H17BrFNO. The predicted molar refractivity (Wildman–Crippen MR) is 77.7 cm³/mol. The summed E-state index contributed by atoms with van der Waals surface area (Å²) in [7, 11) is 0. The van der Waals surface area contributed by atoms with E-state index >= 15 is 0 Å². The monoisotopic (exact) mass is 325 g/mol. The van der Waals surface area contributed by atoms with Gasteiger partial charge in [0.15, 0.2) is 0 Å². The molecule has 1 aromatic carbocycles. The molecule has 4 heteroatoms. The van der Waals surface area contributed by atoms with E-state index < -0.39 is 0 Å². The summed E-state index contributed by atoms with van der Waals surface area (Å²) < 4.78 is 20.6. The zero-order valence-corrected chi connectivity index (χ0v) is 12.6. The second-order valence-electron chi connectivity index (χ2n) is 4.28. The van der Waals surface area contributed by atoms with Crippen LogP contribution >= 0.6 is 15.9 Å². The van der Waals surface area contributed by atoms with E-state index in [9.17, 15) is 4.39 Å². The number of furan rings is 1. The SMILES string of the molecule is CCNC(c1ccc(CC)o1)c1c(F)cccc1Br. The van der Waals surface area contributed by atoms with Crippen LogP contribution in [0.25, 0.3) is 0 Å². The molecule has 0 fully saturated rings. The molecule has 0 aliphatic rings. The Hall–Kier alpha value is -1.13. The van der Waals surface area contributed by atoms with Crippen molar-refractivity contribution in [2.45, 2.75) is 26.3 Å². The van der Waals surface area contributed by atoms with Gasteiger partial charge in [0.25, 0.3) is 0 Å². The Morgan fingerprint density at radius 2 is 2.05 bits per heavy atom. The lowest BCUT2D eigenvalue weighted by Gasteiger charge is -2.18. The van der Waals surface area contributed by atoms with E-state index in [1.165, 1.54) is 6.07 Å². The summed E-state index contributed by atoms with van der Waals surface area (Å²) in [6, 6.07) is 8.56. The minimum atomic E-state index is -0.277. The third-order valence-electron chi connectivity index (χ3n) is 3.01. The summed E-state index contributed by atoms with van der Waals surface area (Å²) in [4.78, 5) is 0. The fourth-order valence-corrected chi connectivity index (χ4v) is 2.65. The Bertz CT molecular complexity index is 533. The van der Waals surface area contributed by atoms with E-state index in [-0.39, 0.29) is 11.9 Å². The summed E-state index contributed by atoms with van der Waals surface area (Å²) >= 11 is 3.42. The first-order valence-corrected chi connectivity index (χ1v) is 7.22. The van der Waals surface area contributed by atoms with Crippen molar-refractivity contribution in [3.05, 3.63) is 57.7 Å². The molecule has 0 radical (unpaired) electrons. The summed E-state index contributed by atoms with van der Waals surface area (Å²) in [6.07, 6.45) is 0.831. The van der Waals surface area contributed by atoms with Crippen molar-refractivity contribution in [2.24, 2.45) is 0 Å². The quantitative estimate of drug-likeness (QED) is 0.879. The van der Waals surface area contributed by atoms with Crippen LogP contribution in [0.4, 0.5) is 4.39 Å². The van der Waals surface area contributed by atoms with Crippen LogP contribution < -0.4 is 5.32 Å². The van der Waals surface area contributed by atoms with Gasteiger partial charge < -0.3 is 9.73 Å². The average Bonchev–Trinajstić information content (AvgIpc) is 2.86. The molecule has 1 aromatic heterocycles. The lowest BCUT2D eigenvalue weighted by molar-refractivity contribution is 0.417. The minimum absolute atomic E-state index is 0.241. The van der Waals surface area contributed by atoms with E-state index in [2.05, 4.69) is 21.2 Å². The highest BCUT2D eigenvalue weighted by atomic mass is 79.9. The number of rotatable bonds is 5. The molecule has 0 amide bonds. The molecule has 2 aromatic rings. The van der Waals surface area contributed by atoms with Gasteiger partial charge in [-0.15, -0.1) is 0 Å². The molecule has 0 saturated heterocycles. The third-order valence-corrected chi connectivity index (χ3v) is 3.70. The highest BCUT2D eigenvalue weighted by molar-refractivity contribution is 9.10. The van der Waals surface area contributed by atoms with Gasteiger partial charge in [0.05, 0.1) is 6.04 Å². The van der Waals surface area contributed by atoms with Gasteiger partial charge >= 0.3 is 0 Å². The molecule has 0 aliphatic heterocycles. The second kappa shape index (κ2) is 6.35. The van der Waals surface area contributed by atoms with Gasteiger partial charge in [-0.25, -0.2) is 4.39 Å². The number of halogens is 2. The van der Waals surface area contributed by atoms with Crippen LogP contribution in [0.2, 0.25) is 0 Å².